The lowest BCUT2D eigenvalue weighted by Crippen LogP contribution is -2.30. The molecule has 1 fully saturated rings. The zero-order valence-electron chi connectivity index (χ0n) is 11.4. The fraction of sp³-hybridized carbons (Fsp3) is 0.600. The molecule has 0 aromatic heterocycles. The molecule has 18 heavy (non-hydrogen) atoms. The number of nitrogens with one attached hydrogen (secondary N) is 1. The van der Waals surface area contributed by atoms with Gasteiger partial charge in [0.05, 0.1) is 6.61 Å². The average Bonchev–Trinajstić information content (AvgIpc) is 3.07. The Hall–Kier alpha value is -0.900. The van der Waals surface area contributed by atoms with Gasteiger partial charge in [-0.15, -0.1) is 0 Å². The second-order valence-electron chi connectivity index (χ2n) is 5.35. The van der Waals surface area contributed by atoms with Crippen molar-refractivity contribution in [2.24, 2.45) is 17.6 Å². The number of hydrogen-bond acceptors (Lipinski definition) is 3. The van der Waals surface area contributed by atoms with Gasteiger partial charge in [-0.05, 0) is 35.9 Å². The molecule has 3 heteroatoms. The normalized spacial score (nSPS) is 23.9. The van der Waals surface area contributed by atoms with E-state index in [-0.39, 0.29) is 6.04 Å². The fourth-order valence-corrected chi connectivity index (χ4v) is 2.38. The summed E-state index contributed by atoms with van der Waals surface area (Å²) in [7, 11) is 1.72. The topological polar surface area (TPSA) is 47.3 Å². The highest BCUT2D eigenvalue weighted by Gasteiger charge is 2.32. The molecular formula is C15H24N2O. The number of rotatable bonds is 7. The molecule has 1 aliphatic rings. The first-order valence-corrected chi connectivity index (χ1v) is 6.75. The summed E-state index contributed by atoms with van der Waals surface area (Å²) < 4.78 is 5.17. The molecule has 1 aromatic carbocycles. The maximum atomic E-state index is 5.88. The summed E-state index contributed by atoms with van der Waals surface area (Å²) in [5.41, 5.74) is 8.34. The lowest BCUT2D eigenvalue weighted by atomic mass is 10.0. The maximum absolute atomic E-state index is 5.88. The Morgan fingerprint density at radius 1 is 1.50 bits per heavy atom. The lowest BCUT2D eigenvalue weighted by Gasteiger charge is -2.18. The summed E-state index contributed by atoms with van der Waals surface area (Å²) in [6.45, 7) is 4.68. The van der Waals surface area contributed by atoms with Crippen molar-refractivity contribution in [2.75, 3.05) is 20.2 Å². The van der Waals surface area contributed by atoms with Crippen molar-refractivity contribution < 1.29 is 4.74 Å². The summed E-state index contributed by atoms with van der Waals surface area (Å²) >= 11 is 0. The molecule has 0 heterocycles. The van der Waals surface area contributed by atoms with Crippen molar-refractivity contribution in [3.05, 3.63) is 35.4 Å². The Labute approximate surface area is 110 Å². The van der Waals surface area contributed by atoms with Crippen LogP contribution in [0.1, 0.15) is 30.5 Å². The van der Waals surface area contributed by atoms with E-state index in [1.54, 1.807) is 7.11 Å². The molecule has 1 saturated carbocycles. The highest BCUT2D eigenvalue weighted by Crippen LogP contribution is 2.37. The SMILES string of the molecule is COCc1cccc(C(CN)NCC2CC2C)c1. The minimum absolute atomic E-state index is 0.259. The van der Waals surface area contributed by atoms with Gasteiger partial charge < -0.3 is 15.8 Å². The van der Waals surface area contributed by atoms with E-state index in [0.29, 0.717) is 13.2 Å². The molecule has 2 rings (SSSR count). The third-order valence-corrected chi connectivity index (χ3v) is 3.80. The zero-order valence-corrected chi connectivity index (χ0v) is 11.4. The van der Waals surface area contributed by atoms with Crippen LogP contribution in [0.4, 0.5) is 0 Å². The fourth-order valence-electron chi connectivity index (χ4n) is 2.38. The molecule has 3 nitrogen and oxygen atoms in total. The van der Waals surface area contributed by atoms with Crippen LogP contribution in [-0.2, 0) is 11.3 Å². The van der Waals surface area contributed by atoms with Crippen LogP contribution in [0.15, 0.2) is 24.3 Å². The lowest BCUT2D eigenvalue weighted by molar-refractivity contribution is 0.185. The molecule has 3 unspecified atom stereocenters. The molecule has 1 aliphatic carbocycles. The first kappa shape index (κ1) is 13.5. The highest BCUT2D eigenvalue weighted by atomic mass is 16.5. The predicted molar refractivity (Wildman–Crippen MR) is 74.2 cm³/mol. The Bertz CT molecular complexity index is 381. The summed E-state index contributed by atoms with van der Waals surface area (Å²) in [5.74, 6) is 1.73. The Morgan fingerprint density at radius 3 is 2.89 bits per heavy atom. The zero-order chi connectivity index (χ0) is 13.0. The third kappa shape index (κ3) is 3.55. The minimum Gasteiger partial charge on any atom is -0.380 e. The number of methoxy groups -OCH3 is 1. The van der Waals surface area contributed by atoms with Crippen LogP contribution in [0.5, 0.6) is 0 Å². The quantitative estimate of drug-likeness (QED) is 0.776. The molecule has 0 bridgehead atoms. The van der Waals surface area contributed by atoms with Gasteiger partial charge in [-0.2, -0.15) is 0 Å². The molecular weight excluding hydrogens is 224 g/mol. The van der Waals surface area contributed by atoms with Crippen LogP contribution in [-0.4, -0.2) is 20.2 Å². The minimum atomic E-state index is 0.259. The first-order chi connectivity index (χ1) is 8.74. The van der Waals surface area contributed by atoms with Gasteiger partial charge in [-0.1, -0.05) is 31.2 Å². The Balaban J connectivity index is 1.95. The van der Waals surface area contributed by atoms with Crippen molar-refractivity contribution in [3.8, 4) is 0 Å². The van der Waals surface area contributed by atoms with Gasteiger partial charge >= 0.3 is 0 Å². The van der Waals surface area contributed by atoms with Crippen molar-refractivity contribution in [3.63, 3.8) is 0 Å². The van der Waals surface area contributed by atoms with Crippen molar-refractivity contribution >= 4 is 0 Å². The molecule has 0 aliphatic heterocycles. The number of hydrogen-bond donors (Lipinski definition) is 2. The van der Waals surface area contributed by atoms with Gasteiger partial charge in [0.25, 0.3) is 0 Å². The molecule has 1 aromatic rings. The van der Waals surface area contributed by atoms with Crippen LogP contribution in [0, 0.1) is 11.8 Å². The van der Waals surface area contributed by atoms with Crippen LogP contribution < -0.4 is 11.1 Å². The molecule has 0 saturated heterocycles. The van der Waals surface area contributed by atoms with Crippen LogP contribution in [0.2, 0.25) is 0 Å². The van der Waals surface area contributed by atoms with E-state index in [0.717, 1.165) is 18.4 Å². The largest absolute Gasteiger partial charge is 0.380 e. The van der Waals surface area contributed by atoms with Gasteiger partial charge in [0, 0.05) is 19.7 Å². The van der Waals surface area contributed by atoms with Gasteiger partial charge in [0.1, 0.15) is 0 Å². The molecule has 0 radical (unpaired) electrons. The number of ether oxygens (including phenoxy) is 1. The second-order valence-corrected chi connectivity index (χ2v) is 5.35. The standard InChI is InChI=1S/C15H24N2O/c1-11-6-14(11)9-17-15(8-16)13-5-3-4-12(7-13)10-18-2/h3-5,7,11,14-15,17H,6,8-10,16H2,1-2H3. The van der Waals surface area contributed by atoms with Gasteiger partial charge in [0.2, 0.25) is 0 Å². The van der Waals surface area contributed by atoms with E-state index in [9.17, 15) is 0 Å². The summed E-state index contributed by atoms with van der Waals surface area (Å²) in [5, 5.41) is 3.58. The number of benzene rings is 1. The van der Waals surface area contributed by atoms with Crippen molar-refractivity contribution in [2.45, 2.75) is 26.0 Å². The molecule has 3 N–H and O–H groups in total. The smallest absolute Gasteiger partial charge is 0.0713 e. The van der Waals surface area contributed by atoms with Crippen molar-refractivity contribution in [1.29, 1.82) is 0 Å². The van der Waals surface area contributed by atoms with Gasteiger partial charge in [0.15, 0.2) is 0 Å². The summed E-state index contributed by atoms with van der Waals surface area (Å²) in [6, 6.07) is 8.75. The molecule has 3 atom stereocenters. The van der Waals surface area contributed by atoms with E-state index < -0.39 is 0 Å². The second kappa shape index (κ2) is 6.32. The average molecular weight is 248 g/mol. The van der Waals surface area contributed by atoms with E-state index >= 15 is 0 Å². The van der Waals surface area contributed by atoms with E-state index in [4.69, 9.17) is 10.5 Å². The van der Waals surface area contributed by atoms with Crippen LogP contribution in [0.25, 0.3) is 0 Å². The Kier molecular flexibility index (Phi) is 4.75. The monoisotopic (exact) mass is 248 g/mol. The molecule has 0 amide bonds. The first-order valence-electron chi connectivity index (χ1n) is 6.75. The van der Waals surface area contributed by atoms with Gasteiger partial charge in [-0.25, -0.2) is 0 Å². The summed E-state index contributed by atoms with van der Waals surface area (Å²) in [6.07, 6.45) is 1.36. The molecule has 100 valence electrons. The maximum Gasteiger partial charge on any atom is 0.0713 e. The van der Waals surface area contributed by atoms with E-state index in [1.165, 1.54) is 17.5 Å². The third-order valence-electron chi connectivity index (χ3n) is 3.80. The van der Waals surface area contributed by atoms with Crippen molar-refractivity contribution in [1.82, 2.24) is 5.32 Å². The predicted octanol–water partition coefficient (Wildman–Crippen LogP) is 2.08. The number of nitrogens with two attached hydrogens (primary N) is 1. The molecule has 0 spiro atoms. The van der Waals surface area contributed by atoms with Crippen LogP contribution >= 0.6 is 0 Å². The van der Waals surface area contributed by atoms with Gasteiger partial charge in [-0.3, -0.25) is 0 Å². The van der Waals surface area contributed by atoms with E-state index in [2.05, 4.69) is 36.5 Å². The highest BCUT2D eigenvalue weighted by molar-refractivity contribution is 5.26. The Morgan fingerprint density at radius 2 is 2.28 bits per heavy atom. The van der Waals surface area contributed by atoms with Crippen LogP contribution in [0.3, 0.4) is 0 Å². The summed E-state index contributed by atoms with van der Waals surface area (Å²) in [4.78, 5) is 0. The van der Waals surface area contributed by atoms with E-state index in [1.807, 2.05) is 0 Å².